The first-order valence-electron chi connectivity index (χ1n) is 5.15. The second kappa shape index (κ2) is 3.95. The van der Waals surface area contributed by atoms with Crippen LogP contribution in [0.25, 0.3) is 10.9 Å². The maximum absolute atomic E-state index is 5.50. The molecule has 0 aliphatic heterocycles. The number of hydrogen-bond acceptors (Lipinski definition) is 3. The topological polar surface area (TPSA) is 51.8 Å². The van der Waals surface area contributed by atoms with Gasteiger partial charge in [0.2, 0.25) is 0 Å². The molecule has 2 rings (SSSR count). The normalized spacial score (nSPS) is 10.9. The van der Waals surface area contributed by atoms with Crippen LogP contribution in [-0.4, -0.2) is 16.5 Å². The van der Waals surface area contributed by atoms with Crippen LogP contribution < -0.4 is 5.73 Å². The Balaban J connectivity index is 2.67. The smallest absolute Gasteiger partial charge is 0.130 e. The summed E-state index contributed by atoms with van der Waals surface area (Å²) in [5.74, 6) is 0.841. The molecular formula is C12H15N3. The van der Waals surface area contributed by atoms with Crippen LogP contribution in [0.5, 0.6) is 0 Å². The van der Waals surface area contributed by atoms with Crippen LogP contribution in [0.2, 0.25) is 0 Å². The van der Waals surface area contributed by atoms with Gasteiger partial charge in [0.1, 0.15) is 5.82 Å². The summed E-state index contributed by atoms with van der Waals surface area (Å²) in [7, 11) is 0. The van der Waals surface area contributed by atoms with E-state index in [9.17, 15) is 0 Å². The van der Waals surface area contributed by atoms with Gasteiger partial charge in [-0.15, -0.1) is 0 Å². The number of nitrogens with two attached hydrogens (primary N) is 1. The van der Waals surface area contributed by atoms with E-state index >= 15 is 0 Å². The van der Waals surface area contributed by atoms with Crippen LogP contribution in [0.4, 0.5) is 0 Å². The molecule has 0 bridgehead atoms. The van der Waals surface area contributed by atoms with Crippen molar-refractivity contribution in [3.63, 3.8) is 0 Å². The first-order valence-corrected chi connectivity index (χ1v) is 5.15. The van der Waals surface area contributed by atoms with Crippen molar-refractivity contribution in [1.82, 2.24) is 9.97 Å². The lowest BCUT2D eigenvalue weighted by Crippen LogP contribution is -2.07. The van der Waals surface area contributed by atoms with E-state index in [1.54, 1.807) is 0 Å². The molecule has 0 fully saturated rings. The molecule has 0 spiro atoms. The Hall–Kier alpha value is -1.48. The van der Waals surface area contributed by atoms with Crippen molar-refractivity contribution in [3.8, 4) is 0 Å². The predicted molar refractivity (Wildman–Crippen MR) is 61.8 cm³/mol. The minimum Gasteiger partial charge on any atom is -0.330 e. The largest absolute Gasteiger partial charge is 0.330 e. The number of aryl methyl sites for hydroxylation is 2. The molecule has 1 aromatic carbocycles. The van der Waals surface area contributed by atoms with Gasteiger partial charge in [0, 0.05) is 17.5 Å². The highest BCUT2D eigenvalue weighted by Crippen LogP contribution is 2.19. The molecule has 15 heavy (non-hydrogen) atoms. The number of rotatable bonds is 2. The molecule has 2 aromatic rings. The zero-order chi connectivity index (χ0) is 10.8. The standard InChI is InChI=1S/C12H15N3/c1-8-4-3-5-10-12(8)9(2)14-11(15-10)6-7-13/h3-5H,6-7,13H2,1-2H3. The van der Waals surface area contributed by atoms with Crippen LogP contribution in [0, 0.1) is 13.8 Å². The Morgan fingerprint density at radius 1 is 1.20 bits per heavy atom. The molecule has 1 aromatic heterocycles. The fourth-order valence-corrected chi connectivity index (χ4v) is 1.87. The third-order valence-electron chi connectivity index (χ3n) is 2.53. The van der Waals surface area contributed by atoms with Crippen molar-refractivity contribution in [2.45, 2.75) is 20.3 Å². The Morgan fingerprint density at radius 3 is 2.73 bits per heavy atom. The van der Waals surface area contributed by atoms with Crippen molar-refractivity contribution >= 4 is 10.9 Å². The summed E-state index contributed by atoms with van der Waals surface area (Å²) in [5.41, 5.74) is 8.79. The van der Waals surface area contributed by atoms with E-state index in [-0.39, 0.29) is 0 Å². The molecule has 0 radical (unpaired) electrons. The van der Waals surface area contributed by atoms with Crippen LogP contribution in [0.1, 0.15) is 17.1 Å². The van der Waals surface area contributed by atoms with Gasteiger partial charge in [-0.05, 0) is 32.0 Å². The molecule has 3 nitrogen and oxygen atoms in total. The van der Waals surface area contributed by atoms with Gasteiger partial charge in [0.05, 0.1) is 5.52 Å². The Morgan fingerprint density at radius 2 is 2.00 bits per heavy atom. The summed E-state index contributed by atoms with van der Waals surface area (Å²) < 4.78 is 0. The molecule has 0 saturated heterocycles. The van der Waals surface area contributed by atoms with E-state index in [4.69, 9.17) is 5.73 Å². The maximum Gasteiger partial charge on any atom is 0.130 e. The minimum atomic E-state index is 0.594. The van der Waals surface area contributed by atoms with Crippen LogP contribution in [-0.2, 0) is 6.42 Å². The Labute approximate surface area is 89.4 Å². The maximum atomic E-state index is 5.50. The van der Waals surface area contributed by atoms with Gasteiger partial charge in [-0.1, -0.05) is 12.1 Å². The third-order valence-corrected chi connectivity index (χ3v) is 2.53. The molecule has 3 heteroatoms. The summed E-state index contributed by atoms with van der Waals surface area (Å²) in [5, 5.41) is 1.17. The average Bonchev–Trinajstić information content (AvgIpc) is 2.17. The predicted octanol–water partition coefficient (Wildman–Crippen LogP) is 1.75. The van der Waals surface area contributed by atoms with E-state index in [1.807, 2.05) is 19.1 Å². The first-order chi connectivity index (χ1) is 7.22. The molecule has 1 heterocycles. The highest BCUT2D eigenvalue weighted by Gasteiger charge is 2.05. The molecule has 0 atom stereocenters. The van der Waals surface area contributed by atoms with Crippen LogP contribution in [0.3, 0.4) is 0 Å². The molecule has 0 unspecified atom stereocenters. The van der Waals surface area contributed by atoms with Gasteiger partial charge in [-0.2, -0.15) is 0 Å². The minimum absolute atomic E-state index is 0.594. The van der Waals surface area contributed by atoms with Crippen molar-refractivity contribution in [1.29, 1.82) is 0 Å². The zero-order valence-electron chi connectivity index (χ0n) is 9.12. The van der Waals surface area contributed by atoms with Crippen molar-refractivity contribution in [2.24, 2.45) is 5.73 Å². The summed E-state index contributed by atoms with van der Waals surface area (Å²) in [6, 6.07) is 6.13. The van der Waals surface area contributed by atoms with Crippen LogP contribution >= 0.6 is 0 Å². The number of aromatic nitrogens is 2. The molecular weight excluding hydrogens is 186 g/mol. The van der Waals surface area contributed by atoms with Crippen molar-refractivity contribution < 1.29 is 0 Å². The van der Waals surface area contributed by atoms with Gasteiger partial charge in [0.15, 0.2) is 0 Å². The van der Waals surface area contributed by atoms with E-state index in [2.05, 4.69) is 23.0 Å². The number of benzene rings is 1. The number of nitrogens with zero attached hydrogens (tertiary/aromatic N) is 2. The molecule has 2 N–H and O–H groups in total. The Kier molecular flexibility index (Phi) is 2.64. The summed E-state index contributed by atoms with van der Waals surface area (Å²) in [6.45, 7) is 4.70. The van der Waals surface area contributed by atoms with E-state index in [1.165, 1.54) is 10.9 Å². The highest BCUT2D eigenvalue weighted by molar-refractivity contribution is 5.84. The molecule has 0 aliphatic carbocycles. The average molecular weight is 201 g/mol. The second-order valence-corrected chi connectivity index (χ2v) is 3.73. The first kappa shape index (κ1) is 10.1. The third kappa shape index (κ3) is 1.83. The molecule has 0 aliphatic rings. The lowest BCUT2D eigenvalue weighted by Gasteiger charge is -2.06. The quantitative estimate of drug-likeness (QED) is 0.805. The van der Waals surface area contributed by atoms with E-state index < -0.39 is 0 Å². The highest BCUT2D eigenvalue weighted by atomic mass is 14.9. The fourth-order valence-electron chi connectivity index (χ4n) is 1.87. The van der Waals surface area contributed by atoms with E-state index in [0.717, 1.165) is 23.5 Å². The summed E-state index contributed by atoms with van der Waals surface area (Å²) in [4.78, 5) is 8.96. The van der Waals surface area contributed by atoms with Crippen LogP contribution in [0.15, 0.2) is 18.2 Å². The van der Waals surface area contributed by atoms with Gasteiger partial charge < -0.3 is 5.73 Å². The van der Waals surface area contributed by atoms with Gasteiger partial charge in [0.25, 0.3) is 0 Å². The zero-order valence-corrected chi connectivity index (χ0v) is 9.12. The lowest BCUT2D eigenvalue weighted by atomic mass is 10.1. The van der Waals surface area contributed by atoms with Crippen molar-refractivity contribution in [3.05, 3.63) is 35.3 Å². The Bertz CT molecular complexity index is 491. The van der Waals surface area contributed by atoms with Crippen molar-refractivity contribution in [2.75, 3.05) is 6.54 Å². The second-order valence-electron chi connectivity index (χ2n) is 3.73. The van der Waals surface area contributed by atoms with E-state index in [0.29, 0.717) is 6.54 Å². The monoisotopic (exact) mass is 201 g/mol. The molecule has 78 valence electrons. The molecule has 0 amide bonds. The van der Waals surface area contributed by atoms with Gasteiger partial charge >= 0.3 is 0 Å². The SMILES string of the molecule is Cc1cccc2nc(CCN)nc(C)c12. The summed E-state index contributed by atoms with van der Waals surface area (Å²) >= 11 is 0. The number of hydrogen-bond donors (Lipinski definition) is 1. The number of fused-ring (bicyclic) bond motifs is 1. The van der Waals surface area contributed by atoms with Gasteiger partial charge in [-0.3, -0.25) is 0 Å². The van der Waals surface area contributed by atoms with Gasteiger partial charge in [-0.25, -0.2) is 9.97 Å². The lowest BCUT2D eigenvalue weighted by molar-refractivity contribution is 0.869. The summed E-state index contributed by atoms with van der Waals surface area (Å²) in [6.07, 6.45) is 0.741. The fraction of sp³-hybridized carbons (Fsp3) is 0.333. The molecule has 0 saturated carbocycles.